The Morgan fingerprint density at radius 1 is 1.24 bits per heavy atom. The Hall–Kier alpha value is -2.22. The molecule has 0 aromatic heterocycles. The first-order valence-electron chi connectivity index (χ1n) is 7.46. The first-order chi connectivity index (χ1) is 10.2. The maximum atomic E-state index is 11.8. The zero-order chi connectivity index (χ0) is 14.8. The van der Waals surface area contributed by atoms with E-state index in [0.29, 0.717) is 5.92 Å². The highest BCUT2D eigenvalue weighted by molar-refractivity contribution is 5.79. The predicted octanol–water partition coefficient (Wildman–Crippen LogP) is 1.17. The maximum Gasteiger partial charge on any atom is 0.222 e. The van der Waals surface area contributed by atoms with Crippen LogP contribution < -0.4 is 10.6 Å². The van der Waals surface area contributed by atoms with E-state index in [4.69, 9.17) is 11.0 Å². The summed E-state index contributed by atoms with van der Waals surface area (Å²) in [7, 11) is 0. The Morgan fingerprint density at radius 3 is 2.62 bits per heavy atom. The molecule has 0 saturated carbocycles. The molecule has 2 heterocycles. The predicted molar refractivity (Wildman–Crippen MR) is 80.2 cm³/mol. The molecule has 5 nitrogen and oxygen atoms in total. The summed E-state index contributed by atoms with van der Waals surface area (Å²) in [5.41, 5.74) is 6.76. The normalized spacial score (nSPS) is 28.6. The van der Waals surface area contributed by atoms with Crippen LogP contribution >= 0.6 is 0 Å². The average Bonchev–Trinajstić information content (AvgIpc) is 3.14. The molecule has 3 rings (SSSR count). The summed E-state index contributed by atoms with van der Waals surface area (Å²) in [6.07, 6.45) is 3.97. The first kappa shape index (κ1) is 13.7. The average molecular weight is 284 g/mol. The molecule has 0 aliphatic carbocycles. The van der Waals surface area contributed by atoms with Crippen molar-refractivity contribution in [1.29, 1.82) is 5.26 Å². The monoisotopic (exact) mass is 284 g/mol. The van der Waals surface area contributed by atoms with Crippen molar-refractivity contribution in [3.8, 4) is 6.19 Å². The van der Waals surface area contributed by atoms with Gasteiger partial charge >= 0.3 is 0 Å². The molecule has 2 aliphatic heterocycles. The number of carbonyl (C=O) groups excluding carboxylic acids is 1. The lowest BCUT2D eigenvalue weighted by Gasteiger charge is -2.33. The second kappa shape index (κ2) is 5.65. The third kappa shape index (κ3) is 2.54. The van der Waals surface area contributed by atoms with Gasteiger partial charge in [-0.3, -0.25) is 4.79 Å². The summed E-state index contributed by atoms with van der Waals surface area (Å²) >= 11 is 0. The topological polar surface area (TPSA) is 73.4 Å². The molecule has 3 unspecified atom stereocenters. The van der Waals surface area contributed by atoms with Gasteiger partial charge in [0.05, 0.1) is 5.92 Å². The van der Waals surface area contributed by atoms with Crippen molar-refractivity contribution in [3.05, 3.63) is 30.3 Å². The minimum Gasteiger partial charge on any atom is -0.369 e. The number of para-hydroxylation sites is 1. The molecule has 2 N–H and O–H groups in total. The van der Waals surface area contributed by atoms with Crippen LogP contribution in [0.15, 0.2) is 30.3 Å². The van der Waals surface area contributed by atoms with Gasteiger partial charge in [-0.05, 0) is 25.0 Å². The van der Waals surface area contributed by atoms with Gasteiger partial charge in [0.15, 0.2) is 6.19 Å². The maximum absolute atomic E-state index is 11.8. The van der Waals surface area contributed by atoms with E-state index >= 15 is 0 Å². The van der Waals surface area contributed by atoms with E-state index in [0.717, 1.165) is 38.2 Å². The number of anilines is 1. The molecule has 2 fully saturated rings. The fourth-order valence-electron chi connectivity index (χ4n) is 3.79. The molecule has 0 spiro atoms. The van der Waals surface area contributed by atoms with Crippen molar-refractivity contribution in [2.75, 3.05) is 24.5 Å². The molecule has 1 aromatic rings. The van der Waals surface area contributed by atoms with Crippen molar-refractivity contribution in [2.24, 2.45) is 17.6 Å². The van der Waals surface area contributed by atoms with E-state index in [9.17, 15) is 4.79 Å². The summed E-state index contributed by atoms with van der Waals surface area (Å²) in [5.74, 6) is -0.00690. The van der Waals surface area contributed by atoms with Crippen LogP contribution in [0.1, 0.15) is 12.8 Å². The zero-order valence-electron chi connectivity index (χ0n) is 12.0. The van der Waals surface area contributed by atoms with Gasteiger partial charge in [0, 0.05) is 37.3 Å². The molecule has 5 heteroatoms. The third-order valence-corrected chi connectivity index (χ3v) is 4.76. The van der Waals surface area contributed by atoms with Crippen LogP contribution in [-0.2, 0) is 4.79 Å². The SMILES string of the molecule is N#CN1CCC(C2C(C(N)=O)CCN2c2ccccc2)C1. The molecular formula is C16H20N4O. The zero-order valence-corrected chi connectivity index (χ0v) is 12.0. The number of carbonyl (C=O) groups is 1. The number of nitriles is 1. The standard InChI is InChI=1S/C16H20N4O/c17-11-19-8-6-12(10-19)15-14(16(18)21)7-9-20(15)13-4-2-1-3-5-13/h1-5,12,14-15H,6-10H2,(H2,18,21). The van der Waals surface area contributed by atoms with Crippen molar-refractivity contribution in [1.82, 2.24) is 4.90 Å². The van der Waals surface area contributed by atoms with Crippen LogP contribution in [0.5, 0.6) is 0 Å². The van der Waals surface area contributed by atoms with Gasteiger partial charge in [-0.15, -0.1) is 0 Å². The molecule has 1 aromatic carbocycles. The summed E-state index contributed by atoms with van der Waals surface area (Å²) in [5, 5.41) is 9.06. The summed E-state index contributed by atoms with van der Waals surface area (Å²) < 4.78 is 0. The van der Waals surface area contributed by atoms with E-state index in [-0.39, 0.29) is 17.9 Å². The van der Waals surface area contributed by atoms with Crippen LogP contribution in [0.3, 0.4) is 0 Å². The number of amides is 1. The van der Waals surface area contributed by atoms with Gasteiger partial charge in [0.25, 0.3) is 0 Å². The van der Waals surface area contributed by atoms with E-state index in [1.54, 1.807) is 4.90 Å². The lowest BCUT2D eigenvalue weighted by atomic mass is 9.87. The third-order valence-electron chi connectivity index (χ3n) is 4.76. The van der Waals surface area contributed by atoms with Crippen LogP contribution in [0.4, 0.5) is 5.69 Å². The van der Waals surface area contributed by atoms with Crippen molar-refractivity contribution >= 4 is 11.6 Å². The van der Waals surface area contributed by atoms with Crippen LogP contribution in [0.2, 0.25) is 0 Å². The van der Waals surface area contributed by atoms with Gasteiger partial charge in [-0.2, -0.15) is 5.26 Å². The van der Waals surface area contributed by atoms with Gasteiger partial charge in [0.2, 0.25) is 5.91 Å². The molecule has 2 saturated heterocycles. The number of hydrogen-bond acceptors (Lipinski definition) is 4. The number of likely N-dealkylation sites (tertiary alicyclic amines) is 1. The number of rotatable bonds is 3. The minimum atomic E-state index is -0.214. The fraction of sp³-hybridized carbons (Fsp3) is 0.500. The quantitative estimate of drug-likeness (QED) is 0.846. The van der Waals surface area contributed by atoms with Crippen LogP contribution in [0.25, 0.3) is 0 Å². The Balaban J connectivity index is 1.87. The molecule has 1 amide bonds. The Morgan fingerprint density at radius 2 is 2.00 bits per heavy atom. The summed E-state index contributed by atoms with van der Waals surface area (Å²) in [6.45, 7) is 2.37. The largest absolute Gasteiger partial charge is 0.369 e. The van der Waals surface area contributed by atoms with Gasteiger partial charge in [-0.25, -0.2) is 0 Å². The van der Waals surface area contributed by atoms with Crippen LogP contribution in [-0.4, -0.2) is 36.5 Å². The highest BCUT2D eigenvalue weighted by Crippen LogP contribution is 2.37. The summed E-state index contributed by atoms with van der Waals surface area (Å²) in [6, 6.07) is 10.3. The lowest BCUT2D eigenvalue weighted by Crippen LogP contribution is -2.44. The highest BCUT2D eigenvalue weighted by Gasteiger charge is 2.44. The second-order valence-electron chi connectivity index (χ2n) is 5.91. The van der Waals surface area contributed by atoms with Crippen molar-refractivity contribution in [2.45, 2.75) is 18.9 Å². The number of nitrogens with zero attached hydrogens (tertiary/aromatic N) is 3. The Labute approximate surface area is 124 Å². The van der Waals surface area contributed by atoms with Crippen molar-refractivity contribution in [3.63, 3.8) is 0 Å². The van der Waals surface area contributed by atoms with E-state index < -0.39 is 0 Å². The number of benzene rings is 1. The number of nitrogens with two attached hydrogens (primary N) is 1. The second-order valence-corrected chi connectivity index (χ2v) is 5.91. The number of hydrogen-bond donors (Lipinski definition) is 1. The smallest absolute Gasteiger partial charge is 0.222 e. The Kier molecular flexibility index (Phi) is 3.70. The molecule has 3 atom stereocenters. The molecule has 21 heavy (non-hydrogen) atoms. The number of primary amides is 1. The van der Waals surface area contributed by atoms with Crippen LogP contribution in [0, 0.1) is 23.3 Å². The molecule has 0 bridgehead atoms. The Bertz CT molecular complexity index is 553. The molecule has 0 radical (unpaired) electrons. The van der Waals surface area contributed by atoms with Crippen molar-refractivity contribution < 1.29 is 4.79 Å². The van der Waals surface area contributed by atoms with Gasteiger partial charge in [0.1, 0.15) is 0 Å². The molecule has 2 aliphatic rings. The lowest BCUT2D eigenvalue weighted by molar-refractivity contribution is -0.122. The highest BCUT2D eigenvalue weighted by atomic mass is 16.1. The van der Waals surface area contributed by atoms with E-state index in [2.05, 4.69) is 23.2 Å². The molecular weight excluding hydrogens is 264 g/mol. The van der Waals surface area contributed by atoms with E-state index in [1.807, 2.05) is 18.2 Å². The van der Waals surface area contributed by atoms with Gasteiger partial charge in [-0.1, -0.05) is 18.2 Å². The minimum absolute atomic E-state index is 0.114. The first-order valence-corrected chi connectivity index (χ1v) is 7.46. The van der Waals surface area contributed by atoms with E-state index in [1.165, 1.54) is 0 Å². The molecule has 110 valence electrons. The fourth-order valence-corrected chi connectivity index (χ4v) is 3.79. The summed E-state index contributed by atoms with van der Waals surface area (Å²) in [4.78, 5) is 15.9. The van der Waals surface area contributed by atoms with Gasteiger partial charge < -0.3 is 15.5 Å².